The second kappa shape index (κ2) is 5.95. The van der Waals surface area contributed by atoms with Crippen LogP contribution in [-0.4, -0.2) is 34.8 Å². The number of aromatic nitrogens is 2. The highest BCUT2D eigenvalue weighted by Gasteiger charge is 2.20. The Morgan fingerprint density at radius 2 is 2.33 bits per heavy atom. The number of halogens is 1. The molecular formula is C12H19FN4O. The van der Waals surface area contributed by atoms with Crippen molar-refractivity contribution < 1.29 is 9.50 Å². The van der Waals surface area contributed by atoms with Gasteiger partial charge in [0.05, 0.1) is 12.3 Å². The molecule has 0 amide bonds. The van der Waals surface area contributed by atoms with Crippen molar-refractivity contribution in [2.75, 3.05) is 24.2 Å². The predicted molar refractivity (Wildman–Crippen MR) is 68.0 cm³/mol. The van der Waals surface area contributed by atoms with Gasteiger partial charge in [0, 0.05) is 13.6 Å². The van der Waals surface area contributed by atoms with Gasteiger partial charge in [-0.15, -0.1) is 0 Å². The standard InChI is InChI=1S/C12H19FN4O/c1-14-12-16-7-10(13)11(17-12)15-6-8-3-2-4-9(18)5-8/h7-9,18H,2-6H2,1H3,(H2,14,15,16,17). The molecule has 5 nitrogen and oxygen atoms in total. The summed E-state index contributed by atoms with van der Waals surface area (Å²) in [6.07, 6.45) is 4.68. The highest BCUT2D eigenvalue weighted by atomic mass is 19.1. The number of aliphatic hydroxyl groups excluding tert-OH is 1. The summed E-state index contributed by atoms with van der Waals surface area (Å²) in [5.41, 5.74) is 0. The smallest absolute Gasteiger partial charge is 0.224 e. The molecular weight excluding hydrogens is 235 g/mol. The second-order valence-electron chi connectivity index (χ2n) is 4.71. The van der Waals surface area contributed by atoms with Crippen LogP contribution in [0, 0.1) is 11.7 Å². The molecule has 6 heteroatoms. The quantitative estimate of drug-likeness (QED) is 0.761. The maximum absolute atomic E-state index is 13.5. The average Bonchev–Trinajstić information content (AvgIpc) is 2.38. The Kier molecular flexibility index (Phi) is 4.30. The lowest BCUT2D eigenvalue weighted by molar-refractivity contribution is 0.104. The second-order valence-corrected chi connectivity index (χ2v) is 4.71. The Hall–Kier alpha value is -1.43. The Morgan fingerprint density at radius 3 is 3.06 bits per heavy atom. The highest BCUT2D eigenvalue weighted by molar-refractivity contribution is 5.40. The van der Waals surface area contributed by atoms with E-state index in [0.29, 0.717) is 18.4 Å². The highest BCUT2D eigenvalue weighted by Crippen LogP contribution is 2.24. The Balaban J connectivity index is 1.92. The summed E-state index contributed by atoms with van der Waals surface area (Å²) in [6, 6.07) is 0. The summed E-state index contributed by atoms with van der Waals surface area (Å²) in [5.74, 6) is 0.531. The largest absolute Gasteiger partial charge is 0.393 e. The zero-order valence-electron chi connectivity index (χ0n) is 10.5. The fourth-order valence-electron chi connectivity index (χ4n) is 2.30. The molecule has 0 spiro atoms. The van der Waals surface area contributed by atoms with Gasteiger partial charge < -0.3 is 15.7 Å². The third kappa shape index (κ3) is 3.29. The minimum Gasteiger partial charge on any atom is -0.393 e. The third-order valence-corrected chi connectivity index (χ3v) is 3.28. The van der Waals surface area contributed by atoms with Gasteiger partial charge in [-0.25, -0.2) is 9.37 Å². The van der Waals surface area contributed by atoms with E-state index in [9.17, 15) is 9.50 Å². The molecule has 100 valence electrons. The van der Waals surface area contributed by atoms with Gasteiger partial charge in [-0.2, -0.15) is 4.98 Å². The molecule has 1 aromatic rings. The molecule has 0 aliphatic heterocycles. The lowest BCUT2D eigenvalue weighted by Gasteiger charge is -2.26. The Bertz CT molecular complexity index is 402. The molecule has 1 aromatic heterocycles. The molecule has 2 atom stereocenters. The zero-order valence-corrected chi connectivity index (χ0v) is 10.5. The van der Waals surface area contributed by atoms with E-state index < -0.39 is 5.82 Å². The minimum absolute atomic E-state index is 0.214. The molecule has 1 heterocycles. The van der Waals surface area contributed by atoms with E-state index in [4.69, 9.17) is 0 Å². The SMILES string of the molecule is CNc1ncc(F)c(NCC2CCCC(O)C2)n1. The Labute approximate surface area is 106 Å². The van der Waals surface area contributed by atoms with Crippen molar-refractivity contribution >= 4 is 11.8 Å². The van der Waals surface area contributed by atoms with Crippen LogP contribution in [0.15, 0.2) is 6.20 Å². The topological polar surface area (TPSA) is 70.1 Å². The molecule has 3 N–H and O–H groups in total. The van der Waals surface area contributed by atoms with Crippen LogP contribution in [0.5, 0.6) is 0 Å². The van der Waals surface area contributed by atoms with Crippen molar-refractivity contribution in [1.82, 2.24) is 9.97 Å². The van der Waals surface area contributed by atoms with Crippen LogP contribution in [-0.2, 0) is 0 Å². The molecule has 1 aliphatic carbocycles. The van der Waals surface area contributed by atoms with Crippen LogP contribution in [0.1, 0.15) is 25.7 Å². The van der Waals surface area contributed by atoms with Crippen LogP contribution in [0.4, 0.5) is 16.2 Å². The fraction of sp³-hybridized carbons (Fsp3) is 0.667. The van der Waals surface area contributed by atoms with Crippen LogP contribution < -0.4 is 10.6 Å². The van der Waals surface area contributed by atoms with E-state index in [0.717, 1.165) is 31.9 Å². The van der Waals surface area contributed by atoms with Gasteiger partial charge in [-0.05, 0) is 25.2 Å². The molecule has 2 unspecified atom stereocenters. The van der Waals surface area contributed by atoms with Gasteiger partial charge in [-0.1, -0.05) is 6.42 Å². The Morgan fingerprint density at radius 1 is 1.50 bits per heavy atom. The molecule has 2 rings (SSSR count). The maximum Gasteiger partial charge on any atom is 0.224 e. The predicted octanol–water partition coefficient (Wildman–Crippen LogP) is 1.62. The lowest BCUT2D eigenvalue weighted by atomic mass is 9.87. The summed E-state index contributed by atoms with van der Waals surface area (Å²) in [4.78, 5) is 7.81. The monoisotopic (exact) mass is 254 g/mol. The van der Waals surface area contributed by atoms with Gasteiger partial charge in [-0.3, -0.25) is 0 Å². The number of rotatable bonds is 4. The first-order valence-electron chi connectivity index (χ1n) is 6.31. The normalized spacial score (nSPS) is 23.7. The van der Waals surface area contributed by atoms with Gasteiger partial charge in [0.2, 0.25) is 5.95 Å². The summed E-state index contributed by atoms with van der Waals surface area (Å²) >= 11 is 0. The zero-order chi connectivity index (χ0) is 13.0. The summed E-state index contributed by atoms with van der Waals surface area (Å²) in [5, 5.41) is 15.3. The molecule has 0 saturated heterocycles. The number of hydrogen-bond acceptors (Lipinski definition) is 5. The molecule has 1 fully saturated rings. The van der Waals surface area contributed by atoms with Crippen LogP contribution in [0.2, 0.25) is 0 Å². The van der Waals surface area contributed by atoms with E-state index in [1.165, 1.54) is 0 Å². The van der Waals surface area contributed by atoms with Gasteiger partial charge in [0.25, 0.3) is 0 Å². The van der Waals surface area contributed by atoms with Crippen LogP contribution >= 0.6 is 0 Å². The third-order valence-electron chi connectivity index (χ3n) is 3.28. The first-order valence-corrected chi connectivity index (χ1v) is 6.31. The van der Waals surface area contributed by atoms with Crippen molar-refractivity contribution in [3.05, 3.63) is 12.0 Å². The number of hydrogen-bond donors (Lipinski definition) is 3. The summed E-state index contributed by atoms with van der Waals surface area (Å²) < 4.78 is 13.5. The molecule has 1 saturated carbocycles. The molecule has 18 heavy (non-hydrogen) atoms. The fourth-order valence-corrected chi connectivity index (χ4v) is 2.30. The summed E-state index contributed by atoms with van der Waals surface area (Å²) in [6.45, 7) is 0.633. The van der Waals surface area contributed by atoms with Crippen molar-refractivity contribution in [1.29, 1.82) is 0 Å². The number of aliphatic hydroxyl groups is 1. The van der Waals surface area contributed by atoms with Crippen molar-refractivity contribution in [2.24, 2.45) is 5.92 Å². The first kappa shape index (κ1) is 13.0. The van der Waals surface area contributed by atoms with Crippen molar-refractivity contribution in [2.45, 2.75) is 31.8 Å². The number of anilines is 2. The average molecular weight is 254 g/mol. The lowest BCUT2D eigenvalue weighted by Crippen LogP contribution is -2.25. The van der Waals surface area contributed by atoms with E-state index in [-0.39, 0.29) is 11.9 Å². The van der Waals surface area contributed by atoms with Gasteiger partial charge in [0.1, 0.15) is 0 Å². The van der Waals surface area contributed by atoms with E-state index in [1.807, 2.05) is 0 Å². The molecule has 0 aromatic carbocycles. The van der Waals surface area contributed by atoms with E-state index in [2.05, 4.69) is 20.6 Å². The summed E-state index contributed by atoms with van der Waals surface area (Å²) in [7, 11) is 1.69. The molecule has 0 radical (unpaired) electrons. The molecule has 0 bridgehead atoms. The van der Waals surface area contributed by atoms with Crippen molar-refractivity contribution in [3.63, 3.8) is 0 Å². The number of nitrogens with one attached hydrogen (secondary N) is 2. The van der Waals surface area contributed by atoms with Gasteiger partial charge >= 0.3 is 0 Å². The van der Waals surface area contributed by atoms with E-state index in [1.54, 1.807) is 7.05 Å². The first-order chi connectivity index (χ1) is 8.69. The maximum atomic E-state index is 13.5. The number of nitrogens with zero attached hydrogens (tertiary/aromatic N) is 2. The van der Waals surface area contributed by atoms with E-state index >= 15 is 0 Å². The van der Waals surface area contributed by atoms with Crippen LogP contribution in [0.3, 0.4) is 0 Å². The van der Waals surface area contributed by atoms with Gasteiger partial charge in [0.15, 0.2) is 11.6 Å². The molecule has 1 aliphatic rings. The van der Waals surface area contributed by atoms with Crippen molar-refractivity contribution in [3.8, 4) is 0 Å². The van der Waals surface area contributed by atoms with Crippen LogP contribution in [0.25, 0.3) is 0 Å². The minimum atomic E-state index is -0.453.